The minimum absolute atomic E-state index is 0.211. The third-order valence-electron chi connectivity index (χ3n) is 4.11. The highest BCUT2D eigenvalue weighted by Gasteiger charge is 2.34. The largest absolute Gasteiger partial charge is 0.673 e. The maximum Gasteiger partial charge on any atom is 0.673 e. The number of hydrogen-bond acceptors (Lipinski definition) is 1. The van der Waals surface area contributed by atoms with E-state index in [1.54, 1.807) is 0 Å². The smallest absolute Gasteiger partial charge is 0.418 e. The predicted octanol–water partition coefficient (Wildman–Crippen LogP) is 7.12. The second-order valence-electron chi connectivity index (χ2n) is 6.17. The molecule has 0 N–H and O–H groups in total. The zero-order valence-electron chi connectivity index (χ0n) is 15.0. The molecule has 0 atom stereocenters. The summed E-state index contributed by atoms with van der Waals surface area (Å²) in [6.45, 7) is 0. The Morgan fingerprint density at radius 2 is 1.14 bits per heavy atom. The number of fused-ring (bicyclic) bond motifs is 2. The van der Waals surface area contributed by atoms with Gasteiger partial charge in [0.1, 0.15) is 5.75 Å². The zero-order chi connectivity index (χ0) is 20.0. The summed E-state index contributed by atoms with van der Waals surface area (Å²) in [5.74, 6) is 1.24. The summed E-state index contributed by atoms with van der Waals surface area (Å²) in [5.41, 5.74) is 1.45. The first kappa shape index (κ1) is 20.9. The van der Waals surface area contributed by atoms with E-state index in [9.17, 15) is 17.3 Å². The Bertz CT molecular complexity index is 849. The fourth-order valence-corrected chi connectivity index (χ4v) is 6.94. The lowest BCUT2D eigenvalue weighted by atomic mass is 10.1. The van der Waals surface area contributed by atoms with Crippen molar-refractivity contribution in [3.8, 4) is 0 Å². The van der Waals surface area contributed by atoms with Crippen molar-refractivity contribution in [3.05, 3.63) is 84.4 Å². The Labute approximate surface area is 169 Å². The highest BCUT2D eigenvalue weighted by Crippen LogP contribution is 2.45. The van der Waals surface area contributed by atoms with Gasteiger partial charge in [0.05, 0.1) is 20.7 Å². The van der Waals surface area contributed by atoms with Crippen LogP contribution in [-0.2, 0) is 17.3 Å². The molecule has 0 fully saturated rings. The normalized spacial score (nSPS) is 13.1. The van der Waals surface area contributed by atoms with Crippen molar-refractivity contribution in [1.29, 1.82) is 0 Å². The van der Waals surface area contributed by atoms with Gasteiger partial charge in [-0.05, 0) is 42.7 Å². The molecule has 28 heavy (non-hydrogen) atoms. The van der Waals surface area contributed by atoms with E-state index in [0.717, 1.165) is 0 Å². The van der Waals surface area contributed by atoms with E-state index in [-0.39, 0.29) is 10.9 Å². The SMILES string of the molecule is F[B-](F)(F)F.c1ccc(CCC[S+]2c3ccccc3Sc3ccccc32)cc1. The van der Waals surface area contributed by atoms with Crippen LogP contribution in [0.2, 0.25) is 0 Å². The maximum absolute atomic E-state index is 9.75. The average Bonchev–Trinajstić information content (AvgIpc) is 2.67. The molecular weight excluding hydrogens is 403 g/mol. The van der Waals surface area contributed by atoms with Gasteiger partial charge in [0, 0.05) is 0 Å². The summed E-state index contributed by atoms with van der Waals surface area (Å²) in [5, 5.41) is 0. The van der Waals surface area contributed by atoms with E-state index in [1.165, 1.54) is 43.7 Å². The van der Waals surface area contributed by atoms with Crippen LogP contribution in [0.25, 0.3) is 0 Å². The van der Waals surface area contributed by atoms with Crippen LogP contribution < -0.4 is 0 Å². The van der Waals surface area contributed by atoms with Crippen molar-refractivity contribution in [2.24, 2.45) is 0 Å². The van der Waals surface area contributed by atoms with Crippen LogP contribution in [0.1, 0.15) is 12.0 Å². The van der Waals surface area contributed by atoms with Gasteiger partial charge in [0.2, 0.25) is 0 Å². The first-order valence-corrected chi connectivity index (χ1v) is 11.1. The molecule has 146 valence electrons. The standard InChI is InChI=1S/C21H19S2.BF4/c1-2-9-17(10-3-1)11-8-16-23-20-14-6-4-12-18(20)22-19-13-5-7-15-21(19)23;2-1(3,4)5/h1-7,9-10,12-15H,8,11,16H2;/q+1;-1. The molecule has 0 bridgehead atoms. The van der Waals surface area contributed by atoms with Gasteiger partial charge in [-0.25, -0.2) is 0 Å². The average molecular weight is 422 g/mol. The summed E-state index contributed by atoms with van der Waals surface area (Å²) >= 11 is 1.92. The first-order chi connectivity index (χ1) is 13.4. The molecule has 1 aliphatic rings. The van der Waals surface area contributed by atoms with E-state index in [2.05, 4.69) is 78.9 Å². The number of hydrogen-bond donors (Lipinski definition) is 0. The Morgan fingerprint density at radius 3 is 1.68 bits per heavy atom. The van der Waals surface area contributed by atoms with Gasteiger partial charge in [-0.3, -0.25) is 0 Å². The second kappa shape index (κ2) is 9.57. The first-order valence-electron chi connectivity index (χ1n) is 8.90. The van der Waals surface area contributed by atoms with Crippen LogP contribution in [0.15, 0.2) is 98.4 Å². The summed E-state index contributed by atoms with van der Waals surface area (Å²) in [7, 11) is -5.79. The minimum Gasteiger partial charge on any atom is -0.418 e. The van der Waals surface area contributed by atoms with Crippen molar-refractivity contribution < 1.29 is 17.3 Å². The van der Waals surface area contributed by atoms with Crippen LogP contribution in [0.3, 0.4) is 0 Å². The summed E-state index contributed by atoms with van der Waals surface area (Å²) in [6.07, 6.45) is 2.41. The van der Waals surface area contributed by atoms with Crippen molar-refractivity contribution in [3.63, 3.8) is 0 Å². The quantitative estimate of drug-likeness (QED) is 0.245. The van der Waals surface area contributed by atoms with Crippen molar-refractivity contribution in [2.75, 3.05) is 5.75 Å². The molecule has 0 radical (unpaired) electrons. The van der Waals surface area contributed by atoms with Gasteiger partial charge in [0.15, 0.2) is 9.79 Å². The summed E-state index contributed by atoms with van der Waals surface area (Å²) in [4.78, 5) is 5.94. The number of halogens is 4. The fourth-order valence-electron chi connectivity index (χ4n) is 3.00. The highest BCUT2D eigenvalue weighted by atomic mass is 32.2. The van der Waals surface area contributed by atoms with E-state index >= 15 is 0 Å². The number of rotatable bonds is 4. The molecule has 4 rings (SSSR count). The summed E-state index contributed by atoms with van der Waals surface area (Å²) in [6, 6.07) is 28.7. The molecule has 0 aliphatic carbocycles. The van der Waals surface area contributed by atoms with Crippen molar-refractivity contribution in [2.45, 2.75) is 32.4 Å². The van der Waals surface area contributed by atoms with Crippen LogP contribution in [0, 0.1) is 0 Å². The topological polar surface area (TPSA) is 0 Å². The molecule has 0 spiro atoms. The minimum atomic E-state index is -6.00. The van der Waals surface area contributed by atoms with Crippen molar-refractivity contribution >= 4 is 29.9 Å². The molecule has 0 saturated carbocycles. The Kier molecular flexibility index (Phi) is 7.13. The molecule has 0 unspecified atom stereocenters. The van der Waals surface area contributed by atoms with Gasteiger partial charge in [-0.1, -0.05) is 66.4 Å². The molecule has 0 saturated heterocycles. The van der Waals surface area contributed by atoms with E-state index in [0.29, 0.717) is 0 Å². The van der Waals surface area contributed by atoms with Gasteiger partial charge in [-0.15, -0.1) is 0 Å². The molecule has 3 aromatic rings. The van der Waals surface area contributed by atoms with Gasteiger partial charge in [-0.2, -0.15) is 0 Å². The van der Waals surface area contributed by atoms with E-state index in [1.807, 2.05) is 11.8 Å². The third-order valence-corrected chi connectivity index (χ3v) is 7.99. The van der Waals surface area contributed by atoms with Crippen LogP contribution >= 0.6 is 11.8 Å². The second-order valence-corrected chi connectivity index (χ2v) is 9.33. The zero-order valence-corrected chi connectivity index (χ0v) is 16.7. The van der Waals surface area contributed by atoms with Crippen LogP contribution in [-0.4, -0.2) is 13.0 Å². The molecule has 0 aromatic heterocycles. The lowest BCUT2D eigenvalue weighted by Gasteiger charge is -2.19. The van der Waals surface area contributed by atoms with Crippen LogP contribution in [0.5, 0.6) is 0 Å². The predicted molar refractivity (Wildman–Crippen MR) is 111 cm³/mol. The lowest BCUT2D eigenvalue weighted by Crippen LogP contribution is -2.14. The molecule has 1 heterocycles. The van der Waals surface area contributed by atoms with E-state index in [4.69, 9.17) is 0 Å². The fraction of sp³-hybridized carbons (Fsp3) is 0.143. The van der Waals surface area contributed by atoms with Gasteiger partial charge < -0.3 is 17.3 Å². The van der Waals surface area contributed by atoms with Crippen LogP contribution in [0.4, 0.5) is 17.3 Å². The summed E-state index contributed by atoms with van der Waals surface area (Å²) < 4.78 is 39.0. The monoisotopic (exact) mass is 422 g/mol. The number of aryl methyl sites for hydroxylation is 1. The molecule has 1 aliphatic heterocycles. The maximum atomic E-state index is 9.75. The Hall–Kier alpha value is -1.86. The molecule has 7 heteroatoms. The molecule has 0 amide bonds. The Balaban J connectivity index is 0.000000403. The molecular formula is C21H19BF4S2. The van der Waals surface area contributed by atoms with Gasteiger partial charge in [0.25, 0.3) is 0 Å². The van der Waals surface area contributed by atoms with Crippen molar-refractivity contribution in [1.82, 2.24) is 0 Å². The molecule has 0 nitrogen and oxygen atoms in total. The molecule has 3 aromatic carbocycles. The Morgan fingerprint density at radius 1 is 0.679 bits per heavy atom. The van der Waals surface area contributed by atoms with E-state index < -0.39 is 7.25 Å². The van der Waals surface area contributed by atoms with Gasteiger partial charge >= 0.3 is 7.25 Å². The highest BCUT2D eigenvalue weighted by molar-refractivity contribution is 8.04. The third kappa shape index (κ3) is 6.07. The lowest BCUT2D eigenvalue weighted by molar-refractivity contribution is 0.368. The number of benzene rings is 3.